The summed E-state index contributed by atoms with van der Waals surface area (Å²) in [6, 6.07) is 9.42. The van der Waals surface area contributed by atoms with Crippen LogP contribution >= 0.6 is 0 Å². The van der Waals surface area contributed by atoms with Crippen molar-refractivity contribution in [3.05, 3.63) is 42.2 Å². The molecule has 1 heterocycles. The predicted octanol–water partition coefficient (Wildman–Crippen LogP) is 1.55. The Morgan fingerprint density at radius 1 is 1.21 bits per heavy atom. The zero-order valence-corrected chi connectivity index (χ0v) is 11.1. The summed E-state index contributed by atoms with van der Waals surface area (Å²) in [4.78, 5) is 0. The van der Waals surface area contributed by atoms with Gasteiger partial charge in [0, 0.05) is 5.69 Å². The summed E-state index contributed by atoms with van der Waals surface area (Å²) in [5, 5.41) is -0.163. The van der Waals surface area contributed by atoms with Crippen molar-refractivity contribution in [3.8, 4) is 5.75 Å². The maximum Gasteiger partial charge on any atom is 0.295 e. The van der Waals surface area contributed by atoms with Crippen LogP contribution in [0.2, 0.25) is 0 Å². The van der Waals surface area contributed by atoms with Gasteiger partial charge in [-0.3, -0.25) is 4.72 Å². The maximum atomic E-state index is 12.0. The van der Waals surface area contributed by atoms with Gasteiger partial charge in [-0.1, -0.05) is 0 Å². The van der Waals surface area contributed by atoms with E-state index in [-0.39, 0.29) is 11.6 Å². The Morgan fingerprint density at radius 2 is 1.89 bits per heavy atom. The third kappa shape index (κ3) is 3.07. The first kappa shape index (κ1) is 13.4. The van der Waals surface area contributed by atoms with Crippen LogP contribution in [0.5, 0.6) is 5.75 Å². The zero-order valence-electron chi connectivity index (χ0n) is 10.3. The van der Waals surface area contributed by atoms with Gasteiger partial charge in [0.1, 0.15) is 11.5 Å². The van der Waals surface area contributed by atoms with Gasteiger partial charge < -0.3 is 14.9 Å². The minimum atomic E-state index is -3.74. The minimum Gasteiger partial charge on any atom is -0.497 e. The number of anilines is 1. The summed E-state index contributed by atoms with van der Waals surface area (Å²) in [6.45, 7) is 0.151. The van der Waals surface area contributed by atoms with Crippen LogP contribution in [0.4, 0.5) is 5.69 Å². The topological polar surface area (TPSA) is 94.6 Å². The first-order valence-corrected chi connectivity index (χ1v) is 6.99. The lowest BCUT2D eigenvalue weighted by atomic mass is 10.3. The molecule has 2 aromatic rings. The number of benzene rings is 1. The third-order valence-electron chi connectivity index (χ3n) is 2.45. The van der Waals surface area contributed by atoms with Crippen LogP contribution in [-0.2, 0) is 16.6 Å². The molecule has 0 radical (unpaired) electrons. The zero-order chi connectivity index (χ0) is 13.9. The van der Waals surface area contributed by atoms with Crippen molar-refractivity contribution < 1.29 is 17.6 Å². The van der Waals surface area contributed by atoms with Crippen molar-refractivity contribution in [2.45, 2.75) is 11.6 Å². The van der Waals surface area contributed by atoms with Gasteiger partial charge in [-0.25, -0.2) is 0 Å². The molecule has 1 aromatic heterocycles. The number of hydrogen-bond donors (Lipinski definition) is 2. The van der Waals surface area contributed by atoms with Crippen molar-refractivity contribution in [1.29, 1.82) is 0 Å². The molecule has 0 aliphatic heterocycles. The second-order valence-electron chi connectivity index (χ2n) is 3.76. The monoisotopic (exact) mass is 282 g/mol. The normalized spacial score (nSPS) is 11.3. The maximum absolute atomic E-state index is 12.0. The number of ether oxygens (including phenoxy) is 1. The highest BCUT2D eigenvalue weighted by Crippen LogP contribution is 2.20. The van der Waals surface area contributed by atoms with Gasteiger partial charge in [0.05, 0.1) is 13.7 Å². The Balaban J connectivity index is 2.20. The van der Waals surface area contributed by atoms with Crippen molar-refractivity contribution in [2.24, 2.45) is 5.73 Å². The molecule has 7 heteroatoms. The van der Waals surface area contributed by atoms with Crippen LogP contribution in [0.25, 0.3) is 0 Å². The van der Waals surface area contributed by atoms with E-state index >= 15 is 0 Å². The highest BCUT2D eigenvalue weighted by molar-refractivity contribution is 7.92. The average Bonchev–Trinajstić information content (AvgIpc) is 2.89. The van der Waals surface area contributed by atoms with E-state index in [4.69, 9.17) is 14.9 Å². The second kappa shape index (κ2) is 5.33. The summed E-state index contributed by atoms with van der Waals surface area (Å²) in [5.41, 5.74) is 5.79. The van der Waals surface area contributed by atoms with Gasteiger partial charge in [-0.2, -0.15) is 8.42 Å². The third-order valence-corrected chi connectivity index (χ3v) is 3.70. The SMILES string of the molecule is COc1ccc(NS(=O)(=O)c2ccc(CN)o2)cc1. The van der Waals surface area contributed by atoms with E-state index in [0.29, 0.717) is 17.2 Å². The van der Waals surface area contributed by atoms with Gasteiger partial charge in [0.2, 0.25) is 5.09 Å². The highest BCUT2D eigenvalue weighted by atomic mass is 32.2. The number of nitrogens with one attached hydrogen (secondary N) is 1. The van der Waals surface area contributed by atoms with Gasteiger partial charge >= 0.3 is 0 Å². The molecule has 2 rings (SSSR count). The molecular weight excluding hydrogens is 268 g/mol. The van der Waals surface area contributed by atoms with E-state index in [1.54, 1.807) is 24.3 Å². The summed E-state index contributed by atoms with van der Waals surface area (Å²) in [7, 11) is -2.20. The quantitative estimate of drug-likeness (QED) is 0.867. The molecule has 0 fully saturated rings. The lowest BCUT2D eigenvalue weighted by Gasteiger charge is -2.06. The number of sulfonamides is 1. The van der Waals surface area contributed by atoms with Gasteiger partial charge in [0.15, 0.2) is 0 Å². The fourth-order valence-electron chi connectivity index (χ4n) is 1.48. The lowest BCUT2D eigenvalue weighted by Crippen LogP contribution is -2.12. The first-order chi connectivity index (χ1) is 9.05. The largest absolute Gasteiger partial charge is 0.497 e. The Bertz CT molecular complexity index is 647. The molecule has 0 aliphatic carbocycles. The molecule has 1 aromatic carbocycles. The van der Waals surface area contributed by atoms with E-state index < -0.39 is 10.0 Å². The van der Waals surface area contributed by atoms with Gasteiger partial charge in [-0.15, -0.1) is 0 Å². The van der Waals surface area contributed by atoms with Crippen molar-refractivity contribution in [2.75, 3.05) is 11.8 Å². The predicted molar refractivity (Wildman–Crippen MR) is 70.4 cm³/mol. The fourth-order valence-corrected chi connectivity index (χ4v) is 2.49. The van der Waals surface area contributed by atoms with Crippen molar-refractivity contribution in [3.63, 3.8) is 0 Å². The number of furan rings is 1. The molecule has 0 unspecified atom stereocenters. The second-order valence-corrected chi connectivity index (χ2v) is 5.37. The molecule has 3 N–H and O–H groups in total. The van der Waals surface area contributed by atoms with Crippen LogP contribution in [-0.4, -0.2) is 15.5 Å². The highest BCUT2D eigenvalue weighted by Gasteiger charge is 2.18. The molecule has 0 bridgehead atoms. The summed E-state index contributed by atoms with van der Waals surface area (Å²) in [5.74, 6) is 1.06. The smallest absolute Gasteiger partial charge is 0.295 e. The molecule has 0 amide bonds. The molecule has 0 atom stereocenters. The Labute approximate surface area is 111 Å². The number of methoxy groups -OCH3 is 1. The molecule has 0 saturated heterocycles. The van der Waals surface area contributed by atoms with E-state index in [0.717, 1.165) is 0 Å². The molecule has 0 aliphatic rings. The van der Waals surface area contributed by atoms with Crippen LogP contribution in [0.3, 0.4) is 0 Å². The molecule has 0 saturated carbocycles. The molecule has 19 heavy (non-hydrogen) atoms. The molecular formula is C12H14N2O4S. The number of nitrogens with two attached hydrogens (primary N) is 1. The number of hydrogen-bond acceptors (Lipinski definition) is 5. The van der Waals surface area contributed by atoms with Gasteiger partial charge in [0.25, 0.3) is 10.0 Å². The summed E-state index contributed by atoms with van der Waals surface area (Å²) in [6.07, 6.45) is 0. The Morgan fingerprint density at radius 3 is 2.42 bits per heavy atom. The van der Waals surface area contributed by atoms with E-state index in [1.807, 2.05) is 0 Å². The Kier molecular flexibility index (Phi) is 3.77. The molecule has 102 valence electrons. The first-order valence-electron chi connectivity index (χ1n) is 5.51. The van der Waals surface area contributed by atoms with Crippen molar-refractivity contribution >= 4 is 15.7 Å². The number of rotatable bonds is 5. The van der Waals surface area contributed by atoms with Gasteiger partial charge in [-0.05, 0) is 36.4 Å². The van der Waals surface area contributed by atoms with Crippen molar-refractivity contribution in [1.82, 2.24) is 0 Å². The fraction of sp³-hybridized carbons (Fsp3) is 0.167. The minimum absolute atomic E-state index is 0.151. The van der Waals surface area contributed by atoms with Crippen LogP contribution in [0, 0.1) is 0 Å². The van der Waals surface area contributed by atoms with E-state index in [2.05, 4.69) is 4.72 Å². The molecule has 0 spiro atoms. The molecule has 6 nitrogen and oxygen atoms in total. The van der Waals surface area contributed by atoms with Crippen LogP contribution in [0.15, 0.2) is 45.9 Å². The summed E-state index contributed by atoms with van der Waals surface area (Å²) < 4.78 is 36.5. The van der Waals surface area contributed by atoms with E-state index in [9.17, 15) is 8.42 Å². The standard InChI is InChI=1S/C12H14N2O4S/c1-17-10-4-2-9(3-5-10)14-19(15,16)12-7-6-11(8-13)18-12/h2-7,14H,8,13H2,1H3. The lowest BCUT2D eigenvalue weighted by molar-refractivity contribution is 0.415. The van der Waals surface area contributed by atoms with Crippen LogP contribution < -0.4 is 15.2 Å². The Hall–Kier alpha value is -1.99. The summed E-state index contributed by atoms with van der Waals surface area (Å²) >= 11 is 0. The van der Waals surface area contributed by atoms with E-state index in [1.165, 1.54) is 19.2 Å². The van der Waals surface area contributed by atoms with Crippen LogP contribution in [0.1, 0.15) is 5.76 Å². The average molecular weight is 282 g/mol.